The van der Waals surface area contributed by atoms with Crippen molar-refractivity contribution in [1.82, 2.24) is 14.2 Å². The van der Waals surface area contributed by atoms with E-state index in [0.717, 1.165) is 33.1 Å². The number of aryl methyl sites for hydroxylation is 1. The molecule has 0 aliphatic carbocycles. The van der Waals surface area contributed by atoms with Gasteiger partial charge in [-0.05, 0) is 37.3 Å². The fourth-order valence-corrected chi connectivity index (χ4v) is 4.31. The summed E-state index contributed by atoms with van der Waals surface area (Å²) in [4.78, 5) is 18.2. The minimum absolute atomic E-state index is 0.245. The topological polar surface area (TPSA) is 65.3 Å². The van der Waals surface area contributed by atoms with Crippen molar-refractivity contribution in [2.45, 2.75) is 6.92 Å². The lowest BCUT2D eigenvalue weighted by Gasteiger charge is -2.07. The summed E-state index contributed by atoms with van der Waals surface area (Å²) < 4.78 is 9.51. The highest BCUT2D eigenvalue weighted by Gasteiger charge is 2.17. The van der Waals surface area contributed by atoms with Gasteiger partial charge in [-0.3, -0.25) is 4.79 Å². The molecule has 3 aromatic carbocycles. The number of nitrogens with zero attached hydrogens (tertiary/aromatic N) is 4. The van der Waals surface area contributed by atoms with Crippen LogP contribution in [-0.4, -0.2) is 20.4 Å². The third-order valence-corrected chi connectivity index (χ3v) is 6.15. The molecule has 0 radical (unpaired) electrons. The molecule has 160 valence electrons. The monoisotopic (exact) mass is 432 g/mol. The Bertz CT molecular complexity index is 1740. The van der Waals surface area contributed by atoms with Gasteiger partial charge in [-0.25, -0.2) is 4.98 Å². The second-order valence-electron chi connectivity index (χ2n) is 8.04. The second kappa shape index (κ2) is 7.31. The first kappa shape index (κ1) is 19.3. The molecule has 0 amide bonds. The molecular formula is C27H20N4O2. The molecular weight excluding hydrogens is 412 g/mol. The molecule has 0 saturated heterocycles. The van der Waals surface area contributed by atoms with Crippen molar-refractivity contribution < 1.29 is 4.42 Å². The molecule has 6 aromatic rings. The number of hydrogen-bond acceptors (Lipinski definition) is 4. The van der Waals surface area contributed by atoms with Crippen molar-refractivity contribution in [1.29, 1.82) is 0 Å². The van der Waals surface area contributed by atoms with Gasteiger partial charge in [0, 0.05) is 34.6 Å². The Hall–Kier alpha value is -4.45. The number of hydrogen-bond donors (Lipinski definition) is 0. The van der Waals surface area contributed by atoms with Crippen LogP contribution in [0.3, 0.4) is 0 Å². The van der Waals surface area contributed by atoms with Gasteiger partial charge in [0.15, 0.2) is 5.76 Å². The quantitative estimate of drug-likeness (QED) is 0.347. The minimum atomic E-state index is -0.245. The number of aromatic nitrogens is 3. The smallest absolute Gasteiger partial charge is 0.282 e. The Morgan fingerprint density at radius 3 is 2.52 bits per heavy atom. The van der Waals surface area contributed by atoms with Crippen molar-refractivity contribution >= 4 is 39.0 Å². The van der Waals surface area contributed by atoms with Gasteiger partial charge in [0.25, 0.3) is 5.56 Å². The van der Waals surface area contributed by atoms with Crippen LogP contribution < -0.4 is 5.56 Å². The first-order valence-corrected chi connectivity index (χ1v) is 10.7. The van der Waals surface area contributed by atoms with E-state index in [9.17, 15) is 4.79 Å². The second-order valence-corrected chi connectivity index (χ2v) is 8.04. The first-order chi connectivity index (χ1) is 16.1. The van der Waals surface area contributed by atoms with Gasteiger partial charge in [0.2, 0.25) is 5.82 Å². The zero-order valence-corrected chi connectivity index (χ0v) is 18.2. The van der Waals surface area contributed by atoms with Crippen LogP contribution in [0.5, 0.6) is 0 Å². The van der Waals surface area contributed by atoms with Crippen LogP contribution in [-0.2, 0) is 7.05 Å². The molecule has 0 N–H and O–H groups in total. The Kier molecular flexibility index (Phi) is 4.26. The van der Waals surface area contributed by atoms with Crippen LogP contribution in [0, 0.1) is 6.92 Å². The maximum atomic E-state index is 13.5. The van der Waals surface area contributed by atoms with Gasteiger partial charge in [0.1, 0.15) is 5.58 Å². The van der Waals surface area contributed by atoms with Gasteiger partial charge in [-0.15, -0.1) is 0 Å². The maximum Gasteiger partial charge on any atom is 0.282 e. The molecule has 6 nitrogen and oxygen atoms in total. The number of para-hydroxylation sites is 3. The highest BCUT2D eigenvalue weighted by molar-refractivity contribution is 6.01. The standard InChI is InChI=1S/C27H20N4O2/c1-17-21(19-10-5-7-13-23(19)30(17)2)16-28-31-26(25-15-18-9-3-8-14-24(18)33-25)29-22-12-6-4-11-20(22)27(31)32/h3-16H,1-2H3. The summed E-state index contributed by atoms with van der Waals surface area (Å²) in [5, 5.41) is 7.16. The van der Waals surface area contributed by atoms with Gasteiger partial charge in [-0.2, -0.15) is 9.78 Å². The first-order valence-electron chi connectivity index (χ1n) is 10.7. The lowest BCUT2D eigenvalue weighted by Crippen LogP contribution is -2.20. The molecule has 33 heavy (non-hydrogen) atoms. The molecule has 0 saturated carbocycles. The fourth-order valence-electron chi connectivity index (χ4n) is 4.31. The lowest BCUT2D eigenvalue weighted by atomic mass is 10.1. The predicted molar refractivity (Wildman–Crippen MR) is 132 cm³/mol. The largest absolute Gasteiger partial charge is 0.453 e. The van der Waals surface area contributed by atoms with Crippen LogP contribution in [0.15, 0.2) is 93.2 Å². The highest BCUT2D eigenvalue weighted by Crippen LogP contribution is 2.27. The Morgan fingerprint density at radius 1 is 0.939 bits per heavy atom. The summed E-state index contributed by atoms with van der Waals surface area (Å²) in [6.45, 7) is 2.04. The summed E-state index contributed by atoms with van der Waals surface area (Å²) in [5.41, 5.74) is 4.22. The van der Waals surface area contributed by atoms with Crippen molar-refractivity contribution in [2.24, 2.45) is 12.1 Å². The van der Waals surface area contributed by atoms with E-state index in [-0.39, 0.29) is 5.56 Å². The van der Waals surface area contributed by atoms with E-state index < -0.39 is 0 Å². The Morgan fingerprint density at radius 2 is 1.67 bits per heavy atom. The molecule has 0 bridgehead atoms. The van der Waals surface area contributed by atoms with Gasteiger partial charge in [-0.1, -0.05) is 48.5 Å². The van der Waals surface area contributed by atoms with Crippen LogP contribution in [0.1, 0.15) is 11.3 Å². The molecule has 0 unspecified atom stereocenters. The number of benzene rings is 3. The lowest BCUT2D eigenvalue weighted by molar-refractivity contribution is 0.616. The predicted octanol–water partition coefficient (Wildman–Crippen LogP) is 5.49. The van der Waals surface area contributed by atoms with E-state index in [2.05, 4.69) is 21.8 Å². The Labute approximate surface area is 189 Å². The molecule has 3 heterocycles. The van der Waals surface area contributed by atoms with Crippen molar-refractivity contribution in [3.8, 4) is 11.6 Å². The number of rotatable bonds is 3. The fraction of sp³-hybridized carbons (Fsp3) is 0.0741. The molecule has 0 aliphatic rings. The Balaban J connectivity index is 1.61. The molecule has 0 aliphatic heterocycles. The van der Waals surface area contributed by atoms with Gasteiger partial charge in [0.05, 0.1) is 17.1 Å². The highest BCUT2D eigenvalue weighted by atomic mass is 16.3. The van der Waals surface area contributed by atoms with E-state index in [4.69, 9.17) is 9.40 Å². The van der Waals surface area contributed by atoms with E-state index in [1.165, 1.54) is 4.68 Å². The van der Waals surface area contributed by atoms with Crippen LogP contribution >= 0.6 is 0 Å². The summed E-state index contributed by atoms with van der Waals surface area (Å²) in [7, 11) is 2.03. The molecule has 6 rings (SSSR count). The summed E-state index contributed by atoms with van der Waals surface area (Å²) in [6.07, 6.45) is 1.74. The third kappa shape index (κ3) is 2.99. The van der Waals surface area contributed by atoms with E-state index in [0.29, 0.717) is 22.5 Å². The zero-order valence-electron chi connectivity index (χ0n) is 18.2. The van der Waals surface area contributed by atoms with Gasteiger partial charge < -0.3 is 8.98 Å². The number of furan rings is 1. The van der Waals surface area contributed by atoms with E-state index in [1.807, 2.05) is 74.6 Å². The van der Waals surface area contributed by atoms with E-state index in [1.54, 1.807) is 12.3 Å². The van der Waals surface area contributed by atoms with Crippen LogP contribution in [0.2, 0.25) is 0 Å². The zero-order chi connectivity index (χ0) is 22.5. The van der Waals surface area contributed by atoms with Crippen LogP contribution in [0.25, 0.3) is 44.4 Å². The van der Waals surface area contributed by atoms with Crippen molar-refractivity contribution in [3.63, 3.8) is 0 Å². The van der Waals surface area contributed by atoms with E-state index >= 15 is 0 Å². The van der Waals surface area contributed by atoms with Crippen LogP contribution in [0.4, 0.5) is 0 Å². The molecule has 0 spiro atoms. The molecule has 3 aromatic heterocycles. The maximum absolute atomic E-state index is 13.5. The molecule has 6 heteroatoms. The average molecular weight is 432 g/mol. The van der Waals surface area contributed by atoms with Crippen molar-refractivity contribution in [2.75, 3.05) is 0 Å². The summed E-state index contributed by atoms with van der Waals surface area (Å²) in [6, 6.07) is 25.0. The average Bonchev–Trinajstić information content (AvgIpc) is 3.38. The SMILES string of the molecule is Cc1c(C=Nn2c(-c3cc4ccccc4o3)nc3ccccc3c2=O)c2ccccc2n1C. The normalized spacial score (nSPS) is 11.9. The minimum Gasteiger partial charge on any atom is -0.453 e. The summed E-state index contributed by atoms with van der Waals surface area (Å²) in [5.74, 6) is 0.856. The van der Waals surface area contributed by atoms with Crippen molar-refractivity contribution in [3.05, 3.63) is 100 Å². The molecule has 0 atom stereocenters. The number of fused-ring (bicyclic) bond motifs is 3. The van der Waals surface area contributed by atoms with Gasteiger partial charge >= 0.3 is 0 Å². The summed E-state index contributed by atoms with van der Waals surface area (Å²) >= 11 is 0. The third-order valence-electron chi connectivity index (χ3n) is 6.15. The molecule has 0 fully saturated rings.